The number of pyridine rings is 1. The molecule has 1 aromatic carbocycles. The summed E-state index contributed by atoms with van der Waals surface area (Å²) in [5.41, 5.74) is 3.06. The number of aromatic nitrogens is 2. The minimum absolute atomic E-state index is 0.190. The topological polar surface area (TPSA) is 64.1 Å². The van der Waals surface area contributed by atoms with E-state index < -0.39 is 0 Å². The Hall–Kier alpha value is -2.57. The normalized spacial score (nSPS) is 10.5. The van der Waals surface area contributed by atoms with Crippen LogP contribution in [0.25, 0.3) is 11.4 Å². The van der Waals surface area contributed by atoms with Crippen LogP contribution in [0.1, 0.15) is 15.9 Å². The summed E-state index contributed by atoms with van der Waals surface area (Å²) in [6, 6.07) is 13.0. The second-order valence-electron chi connectivity index (χ2n) is 4.84. The van der Waals surface area contributed by atoms with E-state index in [9.17, 15) is 4.79 Å². The van der Waals surface area contributed by atoms with Gasteiger partial charge in [0, 0.05) is 24.3 Å². The van der Waals surface area contributed by atoms with Crippen LogP contribution in [0.2, 0.25) is 0 Å². The van der Waals surface area contributed by atoms with Gasteiger partial charge in [0.15, 0.2) is 5.13 Å². The molecule has 3 aromatic rings. The zero-order chi connectivity index (χ0) is 16.1. The molecule has 0 unspecified atom stereocenters. The van der Waals surface area contributed by atoms with Gasteiger partial charge in [0.25, 0.3) is 5.91 Å². The Labute approximate surface area is 138 Å². The van der Waals surface area contributed by atoms with E-state index in [0.717, 1.165) is 17.0 Å². The molecule has 1 N–H and O–H groups in total. The van der Waals surface area contributed by atoms with Crippen LogP contribution in [0.3, 0.4) is 0 Å². The lowest BCUT2D eigenvalue weighted by molar-refractivity contribution is 0.102. The first-order chi connectivity index (χ1) is 11.3. The number of carbonyl (C=O) groups is 1. The quantitative estimate of drug-likeness (QED) is 0.778. The molecule has 0 aliphatic carbocycles. The van der Waals surface area contributed by atoms with Crippen molar-refractivity contribution in [2.45, 2.75) is 6.61 Å². The monoisotopic (exact) mass is 325 g/mol. The smallest absolute Gasteiger partial charge is 0.257 e. The maximum Gasteiger partial charge on any atom is 0.257 e. The molecule has 2 heterocycles. The van der Waals surface area contributed by atoms with Crippen molar-refractivity contribution in [3.63, 3.8) is 0 Å². The number of thiazole rings is 1. The first-order valence-electron chi connectivity index (χ1n) is 7.02. The Morgan fingerprint density at radius 1 is 1.22 bits per heavy atom. The van der Waals surface area contributed by atoms with Gasteiger partial charge >= 0.3 is 0 Å². The van der Waals surface area contributed by atoms with E-state index in [2.05, 4.69) is 15.3 Å². The minimum Gasteiger partial charge on any atom is -0.380 e. The first kappa shape index (κ1) is 15.3. The second kappa shape index (κ2) is 7.13. The Morgan fingerprint density at radius 3 is 2.91 bits per heavy atom. The average molecular weight is 325 g/mol. The zero-order valence-corrected chi connectivity index (χ0v) is 13.3. The molecule has 0 saturated carbocycles. The fraction of sp³-hybridized carbons (Fsp3) is 0.118. The lowest BCUT2D eigenvalue weighted by atomic mass is 10.1. The van der Waals surface area contributed by atoms with Crippen molar-refractivity contribution in [3.8, 4) is 11.4 Å². The van der Waals surface area contributed by atoms with Gasteiger partial charge in [0.2, 0.25) is 0 Å². The van der Waals surface area contributed by atoms with Crippen LogP contribution in [0.5, 0.6) is 0 Å². The van der Waals surface area contributed by atoms with Gasteiger partial charge in [-0.05, 0) is 29.8 Å². The molecule has 23 heavy (non-hydrogen) atoms. The molecule has 0 atom stereocenters. The fourth-order valence-corrected chi connectivity index (χ4v) is 2.80. The molecule has 0 saturated heterocycles. The summed E-state index contributed by atoms with van der Waals surface area (Å²) in [7, 11) is 1.63. The summed E-state index contributed by atoms with van der Waals surface area (Å²) in [5.74, 6) is -0.190. The molecule has 0 bridgehead atoms. The molecular formula is C17H15N3O2S. The number of hydrogen-bond donors (Lipinski definition) is 1. The molecular weight excluding hydrogens is 310 g/mol. The number of rotatable bonds is 5. The molecule has 0 aliphatic rings. The Kier molecular flexibility index (Phi) is 4.75. The van der Waals surface area contributed by atoms with E-state index in [1.807, 2.05) is 41.8 Å². The summed E-state index contributed by atoms with van der Waals surface area (Å²) >= 11 is 1.37. The van der Waals surface area contributed by atoms with Gasteiger partial charge < -0.3 is 4.74 Å². The van der Waals surface area contributed by atoms with E-state index >= 15 is 0 Å². The average Bonchev–Trinajstić information content (AvgIpc) is 3.05. The third-order valence-corrected chi connectivity index (χ3v) is 3.91. The molecule has 0 spiro atoms. The molecule has 6 heteroatoms. The van der Waals surface area contributed by atoms with Gasteiger partial charge in [0.1, 0.15) is 5.69 Å². The summed E-state index contributed by atoms with van der Waals surface area (Å²) in [4.78, 5) is 21.0. The van der Waals surface area contributed by atoms with Crippen LogP contribution in [-0.4, -0.2) is 23.0 Å². The van der Waals surface area contributed by atoms with Crippen LogP contribution in [0.15, 0.2) is 54.0 Å². The predicted molar refractivity (Wildman–Crippen MR) is 90.5 cm³/mol. The molecule has 0 fully saturated rings. The zero-order valence-electron chi connectivity index (χ0n) is 12.5. The summed E-state index contributed by atoms with van der Waals surface area (Å²) in [5, 5.41) is 5.24. The van der Waals surface area contributed by atoms with Gasteiger partial charge in [-0.2, -0.15) is 0 Å². The van der Waals surface area contributed by atoms with E-state index in [1.54, 1.807) is 19.4 Å². The molecule has 3 rings (SSSR count). The standard InChI is InChI=1S/C17H15N3O2S/c1-22-10-12-5-4-6-13(9-12)16(21)20-17-19-15(11-23-17)14-7-2-3-8-18-14/h2-9,11H,10H2,1H3,(H,19,20,21). The number of anilines is 1. The number of ether oxygens (including phenoxy) is 1. The molecule has 0 aliphatic heterocycles. The highest BCUT2D eigenvalue weighted by molar-refractivity contribution is 7.14. The molecule has 5 nitrogen and oxygen atoms in total. The van der Waals surface area contributed by atoms with Gasteiger partial charge in [-0.25, -0.2) is 4.98 Å². The minimum atomic E-state index is -0.190. The van der Waals surface area contributed by atoms with Crippen molar-refractivity contribution in [1.82, 2.24) is 9.97 Å². The third-order valence-electron chi connectivity index (χ3n) is 3.15. The van der Waals surface area contributed by atoms with Gasteiger partial charge in [-0.15, -0.1) is 11.3 Å². The number of methoxy groups -OCH3 is 1. The van der Waals surface area contributed by atoms with Gasteiger partial charge in [-0.3, -0.25) is 15.1 Å². The summed E-state index contributed by atoms with van der Waals surface area (Å²) in [6.07, 6.45) is 1.72. The number of benzene rings is 1. The largest absolute Gasteiger partial charge is 0.380 e. The molecule has 1 amide bonds. The fourth-order valence-electron chi connectivity index (χ4n) is 2.10. The van der Waals surface area contributed by atoms with E-state index in [1.165, 1.54) is 11.3 Å². The van der Waals surface area contributed by atoms with Crippen molar-refractivity contribution < 1.29 is 9.53 Å². The van der Waals surface area contributed by atoms with Crippen LogP contribution in [0.4, 0.5) is 5.13 Å². The van der Waals surface area contributed by atoms with Crippen LogP contribution in [0, 0.1) is 0 Å². The summed E-state index contributed by atoms with van der Waals surface area (Å²) < 4.78 is 5.08. The number of amides is 1. The van der Waals surface area contributed by atoms with Crippen molar-refractivity contribution in [2.24, 2.45) is 0 Å². The number of carbonyl (C=O) groups excluding carboxylic acids is 1. The highest BCUT2D eigenvalue weighted by atomic mass is 32.1. The lowest BCUT2D eigenvalue weighted by Crippen LogP contribution is -2.12. The molecule has 0 radical (unpaired) electrons. The van der Waals surface area contributed by atoms with Gasteiger partial charge in [0.05, 0.1) is 12.3 Å². The predicted octanol–water partition coefficient (Wildman–Crippen LogP) is 3.60. The maximum absolute atomic E-state index is 12.3. The Morgan fingerprint density at radius 2 is 2.13 bits per heavy atom. The highest BCUT2D eigenvalue weighted by Gasteiger charge is 2.11. The summed E-state index contributed by atoms with van der Waals surface area (Å²) in [6.45, 7) is 0.474. The van der Waals surface area contributed by atoms with E-state index in [-0.39, 0.29) is 5.91 Å². The Bertz CT molecular complexity index is 802. The molecule has 2 aromatic heterocycles. The molecule has 116 valence electrons. The number of nitrogens with one attached hydrogen (secondary N) is 1. The van der Waals surface area contributed by atoms with Gasteiger partial charge in [-0.1, -0.05) is 18.2 Å². The SMILES string of the molecule is COCc1cccc(C(=O)Nc2nc(-c3ccccn3)cs2)c1. The van der Waals surface area contributed by atoms with Crippen LogP contribution < -0.4 is 5.32 Å². The second-order valence-corrected chi connectivity index (χ2v) is 5.70. The first-order valence-corrected chi connectivity index (χ1v) is 7.90. The Balaban J connectivity index is 1.73. The van der Waals surface area contributed by atoms with Crippen molar-refractivity contribution in [3.05, 3.63) is 65.2 Å². The van der Waals surface area contributed by atoms with E-state index in [0.29, 0.717) is 17.3 Å². The lowest BCUT2D eigenvalue weighted by Gasteiger charge is -2.04. The van der Waals surface area contributed by atoms with Crippen LogP contribution >= 0.6 is 11.3 Å². The van der Waals surface area contributed by atoms with Crippen molar-refractivity contribution in [1.29, 1.82) is 0 Å². The maximum atomic E-state index is 12.3. The van der Waals surface area contributed by atoms with Crippen LogP contribution in [-0.2, 0) is 11.3 Å². The number of hydrogen-bond acceptors (Lipinski definition) is 5. The van der Waals surface area contributed by atoms with E-state index in [4.69, 9.17) is 4.74 Å². The highest BCUT2D eigenvalue weighted by Crippen LogP contribution is 2.23. The van der Waals surface area contributed by atoms with Crippen molar-refractivity contribution in [2.75, 3.05) is 12.4 Å². The third kappa shape index (κ3) is 3.80. The number of nitrogens with zero attached hydrogens (tertiary/aromatic N) is 2. The van der Waals surface area contributed by atoms with Crippen molar-refractivity contribution >= 4 is 22.4 Å².